The first-order chi connectivity index (χ1) is 11.6. The summed E-state index contributed by atoms with van der Waals surface area (Å²) in [5.74, 6) is 1.53. The Bertz CT molecular complexity index is 770. The molecule has 4 rings (SSSR count). The van der Waals surface area contributed by atoms with Crippen molar-refractivity contribution in [2.75, 3.05) is 5.32 Å². The smallest absolute Gasteiger partial charge is 0.287 e. The highest BCUT2D eigenvalue weighted by molar-refractivity contribution is 5.62. The van der Waals surface area contributed by atoms with Crippen LogP contribution in [0.5, 0.6) is 11.5 Å². The predicted octanol–water partition coefficient (Wildman–Crippen LogP) is 4.17. The SMILES string of the molecule is O=[N+]([O-])c1ccc(Nc2ccc3c(c2)OC2(CCCCC2)O3)nc1. The van der Waals surface area contributed by atoms with Gasteiger partial charge < -0.3 is 14.8 Å². The van der Waals surface area contributed by atoms with E-state index in [4.69, 9.17) is 9.47 Å². The first-order valence-corrected chi connectivity index (χ1v) is 8.03. The van der Waals surface area contributed by atoms with Gasteiger partial charge in [-0.2, -0.15) is 0 Å². The van der Waals surface area contributed by atoms with Gasteiger partial charge in [0.25, 0.3) is 11.5 Å². The van der Waals surface area contributed by atoms with Crippen molar-refractivity contribution < 1.29 is 14.4 Å². The highest BCUT2D eigenvalue weighted by Crippen LogP contribution is 2.46. The van der Waals surface area contributed by atoms with Crippen molar-refractivity contribution in [1.29, 1.82) is 0 Å². The second kappa shape index (κ2) is 5.67. The molecule has 2 heterocycles. The number of nitrogens with one attached hydrogen (secondary N) is 1. The fourth-order valence-corrected chi connectivity index (χ4v) is 3.18. The van der Waals surface area contributed by atoms with Crippen LogP contribution in [0.25, 0.3) is 0 Å². The molecule has 124 valence electrons. The summed E-state index contributed by atoms with van der Waals surface area (Å²) in [6.07, 6.45) is 6.51. The molecule has 1 N–H and O–H groups in total. The molecule has 0 unspecified atom stereocenters. The average molecular weight is 327 g/mol. The van der Waals surface area contributed by atoms with Gasteiger partial charge in [0.1, 0.15) is 12.0 Å². The quantitative estimate of drug-likeness (QED) is 0.672. The molecule has 0 amide bonds. The summed E-state index contributed by atoms with van der Waals surface area (Å²) in [4.78, 5) is 14.2. The van der Waals surface area contributed by atoms with Crippen LogP contribution in [0.3, 0.4) is 0 Å². The maximum absolute atomic E-state index is 10.7. The van der Waals surface area contributed by atoms with Crippen molar-refractivity contribution in [3.63, 3.8) is 0 Å². The maximum atomic E-state index is 10.7. The Kier molecular flexibility index (Phi) is 3.48. The van der Waals surface area contributed by atoms with Crippen molar-refractivity contribution in [1.82, 2.24) is 4.98 Å². The summed E-state index contributed by atoms with van der Waals surface area (Å²) >= 11 is 0. The largest absolute Gasteiger partial charge is 0.448 e. The van der Waals surface area contributed by atoms with Gasteiger partial charge in [0.05, 0.1) is 4.92 Å². The minimum Gasteiger partial charge on any atom is -0.448 e. The van der Waals surface area contributed by atoms with E-state index in [1.807, 2.05) is 18.2 Å². The minimum atomic E-state index is -0.495. The number of hydrogen-bond acceptors (Lipinski definition) is 6. The number of fused-ring (bicyclic) bond motifs is 1. The van der Waals surface area contributed by atoms with Gasteiger partial charge in [-0.25, -0.2) is 4.98 Å². The van der Waals surface area contributed by atoms with Gasteiger partial charge >= 0.3 is 0 Å². The Morgan fingerprint density at radius 1 is 1.08 bits per heavy atom. The number of benzene rings is 1. The standard InChI is InChI=1S/C17H17N3O4/c21-20(22)13-5-7-16(18-11-13)19-12-4-6-14-15(10-12)24-17(23-14)8-2-1-3-9-17/h4-7,10-11H,1-3,8-9H2,(H,18,19). The van der Waals surface area contributed by atoms with E-state index in [-0.39, 0.29) is 5.69 Å². The van der Waals surface area contributed by atoms with Crippen LogP contribution >= 0.6 is 0 Å². The summed E-state index contributed by atoms with van der Waals surface area (Å²) < 4.78 is 12.1. The van der Waals surface area contributed by atoms with Crippen LogP contribution in [0, 0.1) is 10.1 Å². The van der Waals surface area contributed by atoms with E-state index in [2.05, 4.69) is 10.3 Å². The number of nitro groups is 1. The number of hydrogen-bond donors (Lipinski definition) is 1. The number of ether oxygens (including phenoxy) is 2. The van der Waals surface area contributed by atoms with Crippen LogP contribution in [-0.4, -0.2) is 15.7 Å². The molecule has 24 heavy (non-hydrogen) atoms. The third-order valence-corrected chi connectivity index (χ3v) is 4.38. The molecular weight excluding hydrogens is 310 g/mol. The lowest BCUT2D eigenvalue weighted by atomic mass is 9.94. The molecule has 0 radical (unpaired) electrons. The zero-order valence-electron chi connectivity index (χ0n) is 13.0. The fraction of sp³-hybridized carbons (Fsp3) is 0.353. The van der Waals surface area contributed by atoms with Gasteiger partial charge in [-0.1, -0.05) is 6.42 Å². The topological polar surface area (TPSA) is 86.5 Å². The summed E-state index contributed by atoms with van der Waals surface area (Å²) in [7, 11) is 0. The number of rotatable bonds is 3. The van der Waals surface area contributed by atoms with E-state index in [0.29, 0.717) is 5.82 Å². The molecule has 1 aliphatic carbocycles. The second-order valence-electron chi connectivity index (χ2n) is 6.12. The molecule has 0 saturated heterocycles. The van der Waals surface area contributed by atoms with Crippen LogP contribution in [0.4, 0.5) is 17.2 Å². The van der Waals surface area contributed by atoms with Crippen molar-refractivity contribution in [3.8, 4) is 11.5 Å². The molecule has 2 aliphatic rings. The molecular formula is C17H17N3O4. The first-order valence-electron chi connectivity index (χ1n) is 8.03. The fourth-order valence-electron chi connectivity index (χ4n) is 3.18. The summed E-state index contributed by atoms with van der Waals surface area (Å²) in [6.45, 7) is 0. The zero-order chi connectivity index (χ0) is 16.6. The van der Waals surface area contributed by atoms with Crippen molar-refractivity contribution in [2.45, 2.75) is 37.9 Å². The molecule has 7 heteroatoms. The molecule has 1 spiro atoms. The Morgan fingerprint density at radius 2 is 1.88 bits per heavy atom. The summed E-state index contributed by atoms with van der Waals surface area (Å²) in [5, 5.41) is 13.8. The average Bonchev–Trinajstić information content (AvgIpc) is 2.92. The molecule has 1 fully saturated rings. The van der Waals surface area contributed by atoms with Gasteiger partial charge in [0.2, 0.25) is 0 Å². The van der Waals surface area contributed by atoms with Crippen molar-refractivity contribution in [2.24, 2.45) is 0 Å². The van der Waals surface area contributed by atoms with E-state index < -0.39 is 10.7 Å². The number of pyridine rings is 1. The lowest BCUT2D eigenvalue weighted by Crippen LogP contribution is -2.40. The number of nitrogens with zero attached hydrogens (tertiary/aromatic N) is 2. The van der Waals surface area contributed by atoms with Gasteiger partial charge in [-0.3, -0.25) is 10.1 Å². The predicted molar refractivity (Wildman–Crippen MR) is 87.7 cm³/mol. The molecule has 1 aromatic heterocycles. The van der Waals surface area contributed by atoms with Crippen LogP contribution in [0.15, 0.2) is 36.5 Å². The zero-order valence-corrected chi connectivity index (χ0v) is 13.0. The Labute approximate surface area is 138 Å². The lowest BCUT2D eigenvalue weighted by molar-refractivity contribution is -0.385. The van der Waals surface area contributed by atoms with Gasteiger partial charge in [0.15, 0.2) is 11.5 Å². The van der Waals surface area contributed by atoms with Crippen molar-refractivity contribution in [3.05, 3.63) is 46.6 Å². The highest BCUT2D eigenvalue weighted by atomic mass is 16.7. The van der Waals surface area contributed by atoms with Crippen LogP contribution in [0.2, 0.25) is 0 Å². The molecule has 0 bridgehead atoms. The highest BCUT2D eigenvalue weighted by Gasteiger charge is 2.42. The van der Waals surface area contributed by atoms with E-state index in [1.165, 1.54) is 18.7 Å². The van der Waals surface area contributed by atoms with E-state index >= 15 is 0 Å². The van der Waals surface area contributed by atoms with E-state index in [1.54, 1.807) is 6.07 Å². The third kappa shape index (κ3) is 2.73. The number of aromatic nitrogens is 1. The molecule has 7 nitrogen and oxygen atoms in total. The Morgan fingerprint density at radius 3 is 2.58 bits per heavy atom. The van der Waals surface area contributed by atoms with Gasteiger partial charge in [0, 0.05) is 30.7 Å². The first kappa shape index (κ1) is 14.7. The van der Waals surface area contributed by atoms with Gasteiger partial charge in [-0.05, 0) is 31.0 Å². The number of anilines is 2. The normalized spacial score (nSPS) is 17.7. The molecule has 1 aliphatic heterocycles. The van der Waals surface area contributed by atoms with Gasteiger partial charge in [-0.15, -0.1) is 0 Å². The molecule has 1 saturated carbocycles. The van der Waals surface area contributed by atoms with E-state index in [9.17, 15) is 10.1 Å². The van der Waals surface area contributed by atoms with E-state index in [0.717, 1.165) is 42.9 Å². The second-order valence-corrected chi connectivity index (χ2v) is 6.12. The summed E-state index contributed by atoms with van der Waals surface area (Å²) in [5.41, 5.74) is 0.761. The Balaban J connectivity index is 1.51. The van der Waals surface area contributed by atoms with Crippen LogP contribution < -0.4 is 14.8 Å². The minimum absolute atomic E-state index is 0.0366. The molecule has 2 aromatic rings. The van der Waals surface area contributed by atoms with Crippen LogP contribution in [0.1, 0.15) is 32.1 Å². The molecule has 1 aromatic carbocycles. The summed E-state index contributed by atoms with van der Waals surface area (Å²) in [6, 6.07) is 8.63. The monoisotopic (exact) mass is 327 g/mol. The molecule has 0 atom stereocenters. The maximum Gasteiger partial charge on any atom is 0.287 e. The van der Waals surface area contributed by atoms with Crippen LogP contribution in [-0.2, 0) is 0 Å². The lowest BCUT2D eigenvalue weighted by Gasteiger charge is -2.31. The third-order valence-electron chi connectivity index (χ3n) is 4.38. The Hall–Kier alpha value is -2.83. The van der Waals surface area contributed by atoms with Crippen molar-refractivity contribution >= 4 is 17.2 Å².